The largest absolute Gasteiger partial charge is 0.396 e. The first kappa shape index (κ1) is 17.6. The van der Waals surface area contributed by atoms with E-state index in [4.69, 9.17) is 5.11 Å². The van der Waals surface area contributed by atoms with Gasteiger partial charge in [-0.05, 0) is 19.3 Å². The summed E-state index contributed by atoms with van der Waals surface area (Å²) >= 11 is 0. The van der Waals surface area contributed by atoms with Crippen molar-refractivity contribution in [1.82, 2.24) is 0 Å². The van der Waals surface area contributed by atoms with Crippen LogP contribution in [0.3, 0.4) is 0 Å². The van der Waals surface area contributed by atoms with Crippen molar-refractivity contribution in [3.05, 3.63) is 0 Å². The Labute approximate surface area is 119 Å². The van der Waals surface area contributed by atoms with Gasteiger partial charge in [0, 0.05) is 19.4 Å². The Morgan fingerprint density at radius 3 is 1.74 bits per heavy atom. The third-order valence-electron chi connectivity index (χ3n) is 2.59. The summed E-state index contributed by atoms with van der Waals surface area (Å²) in [6.07, 6.45) is 9.97. The molecule has 0 rings (SSSR count). The normalized spacial score (nSPS) is 8.53. The fourth-order valence-electron chi connectivity index (χ4n) is 1.46. The Morgan fingerprint density at radius 2 is 1.16 bits per heavy atom. The molecule has 0 heterocycles. The minimum atomic E-state index is 0.308. The third-order valence-corrected chi connectivity index (χ3v) is 2.59. The zero-order chi connectivity index (χ0) is 14.0. The van der Waals surface area contributed by atoms with Gasteiger partial charge in [-0.1, -0.05) is 49.9 Å². The molecule has 0 aliphatic rings. The quantitative estimate of drug-likeness (QED) is 0.542. The van der Waals surface area contributed by atoms with E-state index in [1.807, 2.05) is 0 Å². The van der Waals surface area contributed by atoms with E-state index < -0.39 is 0 Å². The van der Waals surface area contributed by atoms with E-state index in [-0.39, 0.29) is 0 Å². The Balaban J connectivity index is 3.39. The summed E-state index contributed by atoms with van der Waals surface area (Å²) in [5.74, 6) is 18.4. The molecule has 0 saturated carbocycles. The molecule has 0 aromatic carbocycles. The van der Waals surface area contributed by atoms with E-state index in [1.165, 1.54) is 12.8 Å². The highest BCUT2D eigenvalue weighted by Gasteiger charge is 1.86. The molecule has 0 amide bonds. The number of hydrogen-bond donors (Lipinski definition) is 1. The SMILES string of the molecule is CCCCC#CCC#CCC#CCCCCCCO. The lowest BCUT2D eigenvalue weighted by molar-refractivity contribution is 0.282. The van der Waals surface area contributed by atoms with Crippen LogP contribution in [0.5, 0.6) is 0 Å². The first-order valence-corrected chi connectivity index (χ1v) is 7.39. The molecular weight excluding hydrogens is 232 g/mol. The van der Waals surface area contributed by atoms with E-state index in [9.17, 15) is 0 Å². The average Bonchev–Trinajstić information content (AvgIpc) is 2.43. The number of unbranched alkanes of at least 4 members (excludes halogenated alkanes) is 6. The minimum absolute atomic E-state index is 0.308. The van der Waals surface area contributed by atoms with Gasteiger partial charge in [0.25, 0.3) is 0 Å². The summed E-state index contributed by atoms with van der Waals surface area (Å²) in [5, 5.41) is 8.62. The molecule has 1 nitrogen and oxygen atoms in total. The van der Waals surface area contributed by atoms with Gasteiger partial charge in [0.15, 0.2) is 0 Å². The maximum Gasteiger partial charge on any atom is 0.0702 e. The molecule has 0 bridgehead atoms. The molecule has 0 aromatic rings. The van der Waals surface area contributed by atoms with Crippen LogP contribution >= 0.6 is 0 Å². The van der Waals surface area contributed by atoms with E-state index >= 15 is 0 Å². The molecule has 0 spiro atoms. The monoisotopic (exact) mass is 258 g/mol. The van der Waals surface area contributed by atoms with Crippen LogP contribution in [0.2, 0.25) is 0 Å². The van der Waals surface area contributed by atoms with Crippen molar-refractivity contribution in [2.45, 2.75) is 71.1 Å². The highest BCUT2D eigenvalue weighted by atomic mass is 16.2. The van der Waals surface area contributed by atoms with Crippen molar-refractivity contribution in [3.63, 3.8) is 0 Å². The molecule has 19 heavy (non-hydrogen) atoms. The highest BCUT2D eigenvalue weighted by molar-refractivity contribution is 5.16. The molecular formula is C18H26O. The fraction of sp³-hybridized carbons (Fsp3) is 0.667. The van der Waals surface area contributed by atoms with Gasteiger partial charge in [-0.15, -0.1) is 11.8 Å². The van der Waals surface area contributed by atoms with Crippen molar-refractivity contribution >= 4 is 0 Å². The van der Waals surface area contributed by atoms with E-state index in [0.29, 0.717) is 19.4 Å². The molecule has 0 aliphatic carbocycles. The van der Waals surface area contributed by atoms with Crippen LogP contribution < -0.4 is 0 Å². The molecule has 0 aliphatic heterocycles. The van der Waals surface area contributed by atoms with Crippen LogP contribution in [-0.4, -0.2) is 11.7 Å². The second-order valence-electron chi connectivity index (χ2n) is 4.41. The number of aliphatic hydroxyl groups excluding tert-OH is 1. The number of rotatable bonds is 7. The molecule has 0 unspecified atom stereocenters. The zero-order valence-corrected chi connectivity index (χ0v) is 12.2. The van der Waals surface area contributed by atoms with Crippen LogP contribution in [0.25, 0.3) is 0 Å². The standard InChI is InChI=1S/C18H26O/c1-2-3-4-5-6-7-8-9-10-11-12-13-14-15-16-17-18-19/h19H,2-4,7,10,13-18H2,1H3. The predicted molar refractivity (Wildman–Crippen MR) is 82.3 cm³/mol. The summed E-state index contributed by atoms with van der Waals surface area (Å²) in [7, 11) is 0. The van der Waals surface area contributed by atoms with Gasteiger partial charge < -0.3 is 5.11 Å². The molecule has 1 N–H and O–H groups in total. The fourth-order valence-corrected chi connectivity index (χ4v) is 1.46. The topological polar surface area (TPSA) is 20.2 Å². The van der Waals surface area contributed by atoms with Gasteiger partial charge in [-0.3, -0.25) is 0 Å². The lowest BCUT2D eigenvalue weighted by Crippen LogP contribution is -1.82. The summed E-state index contributed by atoms with van der Waals surface area (Å²) < 4.78 is 0. The summed E-state index contributed by atoms with van der Waals surface area (Å²) in [6, 6.07) is 0. The maximum atomic E-state index is 8.62. The Hall–Kier alpha value is -1.36. The van der Waals surface area contributed by atoms with Crippen molar-refractivity contribution in [1.29, 1.82) is 0 Å². The Morgan fingerprint density at radius 1 is 0.632 bits per heavy atom. The van der Waals surface area contributed by atoms with Gasteiger partial charge in [0.05, 0.1) is 12.8 Å². The van der Waals surface area contributed by atoms with Crippen molar-refractivity contribution in [2.24, 2.45) is 0 Å². The summed E-state index contributed by atoms with van der Waals surface area (Å²) in [6.45, 7) is 2.48. The molecule has 0 fully saturated rings. The molecule has 104 valence electrons. The molecule has 0 atom stereocenters. The lowest BCUT2D eigenvalue weighted by Gasteiger charge is -1.93. The van der Waals surface area contributed by atoms with E-state index in [1.54, 1.807) is 0 Å². The van der Waals surface area contributed by atoms with Gasteiger partial charge >= 0.3 is 0 Å². The number of hydrogen-bond acceptors (Lipinski definition) is 1. The first-order chi connectivity index (χ1) is 9.41. The smallest absolute Gasteiger partial charge is 0.0702 e. The first-order valence-electron chi connectivity index (χ1n) is 7.39. The van der Waals surface area contributed by atoms with Crippen LogP contribution in [-0.2, 0) is 0 Å². The molecule has 0 saturated heterocycles. The van der Waals surface area contributed by atoms with Gasteiger partial charge in [-0.25, -0.2) is 0 Å². The van der Waals surface area contributed by atoms with Crippen molar-refractivity contribution in [2.75, 3.05) is 6.61 Å². The Kier molecular flexibility index (Phi) is 15.4. The van der Waals surface area contributed by atoms with Crippen molar-refractivity contribution in [3.8, 4) is 35.5 Å². The van der Waals surface area contributed by atoms with Crippen LogP contribution in [0, 0.1) is 35.5 Å². The summed E-state index contributed by atoms with van der Waals surface area (Å²) in [5.41, 5.74) is 0. The van der Waals surface area contributed by atoms with E-state index in [2.05, 4.69) is 42.4 Å². The summed E-state index contributed by atoms with van der Waals surface area (Å²) in [4.78, 5) is 0. The second kappa shape index (κ2) is 16.6. The van der Waals surface area contributed by atoms with Gasteiger partial charge in [0.1, 0.15) is 0 Å². The second-order valence-corrected chi connectivity index (χ2v) is 4.41. The third kappa shape index (κ3) is 16.6. The predicted octanol–water partition coefficient (Wildman–Crippen LogP) is 3.91. The van der Waals surface area contributed by atoms with Crippen LogP contribution in [0.4, 0.5) is 0 Å². The van der Waals surface area contributed by atoms with Gasteiger partial charge in [0.2, 0.25) is 0 Å². The van der Waals surface area contributed by atoms with Crippen molar-refractivity contribution < 1.29 is 5.11 Å². The zero-order valence-electron chi connectivity index (χ0n) is 12.2. The van der Waals surface area contributed by atoms with Crippen LogP contribution in [0.15, 0.2) is 0 Å². The highest BCUT2D eigenvalue weighted by Crippen LogP contribution is 2.01. The average molecular weight is 258 g/mol. The molecule has 1 heteroatoms. The van der Waals surface area contributed by atoms with Gasteiger partial charge in [-0.2, -0.15) is 0 Å². The number of aliphatic hydroxyl groups is 1. The maximum absolute atomic E-state index is 8.62. The minimum Gasteiger partial charge on any atom is -0.396 e. The van der Waals surface area contributed by atoms with Crippen LogP contribution in [0.1, 0.15) is 71.1 Å². The molecule has 0 radical (unpaired) electrons. The molecule has 0 aromatic heterocycles. The Bertz CT molecular complexity index is 362. The van der Waals surface area contributed by atoms with E-state index in [0.717, 1.165) is 38.5 Å². The lowest BCUT2D eigenvalue weighted by atomic mass is 10.1.